The molecule has 1 aliphatic heterocycles. The number of carbonyl (C=O) groups is 2. The Hall–Kier alpha value is -2.77. The zero-order valence-electron chi connectivity index (χ0n) is 15.9. The lowest BCUT2D eigenvalue weighted by molar-refractivity contribution is -0.137. The van der Waals surface area contributed by atoms with E-state index in [0.29, 0.717) is 48.8 Å². The molecule has 1 amide bonds. The van der Waals surface area contributed by atoms with Gasteiger partial charge in [-0.15, -0.1) is 0 Å². The monoisotopic (exact) mass is 389 g/mol. The molecule has 1 fully saturated rings. The van der Waals surface area contributed by atoms with Gasteiger partial charge in [0.15, 0.2) is 0 Å². The highest BCUT2D eigenvalue weighted by molar-refractivity contribution is 5.76. The Bertz CT molecular complexity index is 852. The van der Waals surface area contributed by atoms with E-state index in [0.717, 1.165) is 12.8 Å². The van der Waals surface area contributed by atoms with Crippen LogP contribution in [0.4, 0.5) is 4.39 Å². The second kappa shape index (κ2) is 8.95. The van der Waals surface area contributed by atoms with E-state index in [1.54, 1.807) is 24.0 Å². The maximum Gasteiger partial charge on any atom is 0.303 e. The number of rotatable bonds is 7. The van der Waals surface area contributed by atoms with Gasteiger partial charge in [-0.05, 0) is 43.7 Å². The molecule has 150 valence electrons. The first-order valence-electron chi connectivity index (χ1n) is 9.51. The van der Waals surface area contributed by atoms with Crippen LogP contribution in [0, 0.1) is 18.7 Å². The minimum Gasteiger partial charge on any atom is -0.481 e. The third-order valence-corrected chi connectivity index (χ3v) is 5.09. The number of halogens is 1. The minimum absolute atomic E-state index is 0.00107. The molecule has 1 aromatic carbocycles. The average Bonchev–Trinajstić information content (AvgIpc) is 3.16. The fraction of sp³-hybridized carbons (Fsp3) is 0.500. The van der Waals surface area contributed by atoms with E-state index in [1.165, 1.54) is 6.07 Å². The number of carbonyl (C=O) groups excluding carboxylic acids is 1. The second-order valence-corrected chi connectivity index (χ2v) is 7.26. The number of carboxylic acid groups (broad SMARTS) is 1. The van der Waals surface area contributed by atoms with E-state index in [4.69, 9.17) is 9.63 Å². The van der Waals surface area contributed by atoms with Crippen molar-refractivity contribution in [2.45, 2.75) is 45.4 Å². The number of benzene rings is 1. The van der Waals surface area contributed by atoms with Crippen LogP contribution in [-0.2, 0) is 16.0 Å². The Labute approximate surface area is 162 Å². The van der Waals surface area contributed by atoms with Crippen molar-refractivity contribution in [3.8, 4) is 11.4 Å². The molecule has 28 heavy (non-hydrogen) atoms. The first-order valence-corrected chi connectivity index (χ1v) is 9.51. The fourth-order valence-corrected chi connectivity index (χ4v) is 3.43. The molecule has 0 aliphatic carbocycles. The number of aliphatic carboxylic acids is 1. The summed E-state index contributed by atoms with van der Waals surface area (Å²) in [6, 6.07) is 4.74. The molecule has 1 unspecified atom stereocenters. The molecule has 0 saturated carbocycles. The van der Waals surface area contributed by atoms with Gasteiger partial charge in [-0.3, -0.25) is 9.59 Å². The summed E-state index contributed by atoms with van der Waals surface area (Å²) in [5, 5.41) is 12.7. The number of hydrogen-bond acceptors (Lipinski definition) is 5. The number of piperidine rings is 1. The fourth-order valence-electron chi connectivity index (χ4n) is 3.43. The summed E-state index contributed by atoms with van der Waals surface area (Å²) in [6.45, 7) is 2.98. The van der Waals surface area contributed by atoms with E-state index in [-0.39, 0.29) is 30.5 Å². The van der Waals surface area contributed by atoms with Gasteiger partial charge >= 0.3 is 5.97 Å². The van der Waals surface area contributed by atoms with Crippen molar-refractivity contribution in [2.75, 3.05) is 13.1 Å². The van der Waals surface area contributed by atoms with E-state index in [9.17, 15) is 14.0 Å². The first-order chi connectivity index (χ1) is 13.4. The minimum atomic E-state index is -0.802. The predicted molar refractivity (Wildman–Crippen MR) is 98.9 cm³/mol. The van der Waals surface area contributed by atoms with Gasteiger partial charge in [0, 0.05) is 37.9 Å². The van der Waals surface area contributed by atoms with Crippen molar-refractivity contribution in [1.29, 1.82) is 0 Å². The summed E-state index contributed by atoms with van der Waals surface area (Å²) in [7, 11) is 0. The average molecular weight is 389 g/mol. The Morgan fingerprint density at radius 1 is 1.36 bits per heavy atom. The summed E-state index contributed by atoms with van der Waals surface area (Å²) < 4.78 is 18.9. The summed E-state index contributed by atoms with van der Waals surface area (Å²) in [5.41, 5.74) is 1.07. The number of aromatic nitrogens is 2. The van der Waals surface area contributed by atoms with Crippen LogP contribution in [0.5, 0.6) is 0 Å². The normalized spacial score (nSPS) is 16.9. The lowest BCUT2D eigenvalue weighted by Gasteiger charge is -2.32. The Kier molecular flexibility index (Phi) is 6.38. The van der Waals surface area contributed by atoms with Gasteiger partial charge in [0.05, 0.1) is 0 Å². The van der Waals surface area contributed by atoms with Crippen LogP contribution in [0.2, 0.25) is 0 Å². The standard InChI is InChI=1S/C20H24FN3O4/c1-13-4-6-15(11-16(13)21)20-22-17(28-23-20)7-8-18(25)24-10-2-3-14(12-24)5-9-19(26)27/h4,6,11,14H,2-3,5,7-10,12H2,1H3,(H,26,27). The number of nitrogens with zero attached hydrogens (tertiary/aromatic N) is 3. The highest BCUT2D eigenvalue weighted by Crippen LogP contribution is 2.22. The highest BCUT2D eigenvalue weighted by Gasteiger charge is 2.24. The van der Waals surface area contributed by atoms with Crippen LogP contribution < -0.4 is 0 Å². The number of amides is 1. The van der Waals surface area contributed by atoms with Gasteiger partial charge in [-0.25, -0.2) is 4.39 Å². The SMILES string of the molecule is Cc1ccc(-c2noc(CCC(=O)N3CCCC(CCC(=O)O)C3)n2)cc1F. The van der Waals surface area contributed by atoms with Crippen molar-refractivity contribution in [3.63, 3.8) is 0 Å². The van der Waals surface area contributed by atoms with E-state index < -0.39 is 5.97 Å². The molecule has 1 aliphatic rings. The third-order valence-electron chi connectivity index (χ3n) is 5.09. The van der Waals surface area contributed by atoms with E-state index in [1.807, 2.05) is 0 Å². The molecule has 1 N–H and O–H groups in total. The molecule has 8 heteroatoms. The van der Waals surface area contributed by atoms with Crippen molar-refractivity contribution in [3.05, 3.63) is 35.5 Å². The second-order valence-electron chi connectivity index (χ2n) is 7.26. The van der Waals surface area contributed by atoms with Crippen molar-refractivity contribution in [1.82, 2.24) is 15.0 Å². The zero-order chi connectivity index (χ0) is 20.1. The maximum atomic E-state index is 13.7. The van der Waals surface area contributed by atoms with Gasteiger partial charge in [0.25, 0.3) is 0 Å². The summed E-state index contributed by atoms with van der Waals surface area (Å²) in [6.07, 6.45) is 3.14. The van der Waals surface area contributed by atoms with E-state index in [2.05, 4.69) is 10.1 Å². The van der Waals surface area contributed by atoms with Gasteiger partial charge in [0.1, 0.15) is 5.82 Å². The Morgan fingerprint density at radius 3 is 2.93 bits per heavy atom. The Morgan fingerprint density at radius 2 is 2.18 bits per heavy atom. The largest absolute Gasteiger partial charge is 0.481 e. The lowest BCUT2D eigenvalue weighted by Crippen LogP contribution is -2.40. The molecule has 0 radical (unpaired) electrons. The third kappa shape index (κ3) is 5.15. The van der Waals surface area contributed by atoms with Crippen molar-refractivity contribution < 1.29 is 23.6 Å². The van der Waals surface area contributed by atoms with Gasteiger partial charge in [0.2, 0.25) is 17.6 Å². The van der Waals surface area contributed by atoms with Crippen LogP contribution in [-0.4, -0.2) is 45.1 Å². The predicted octanol–water partition coefficient (Wildman–Crippen LogP) is 3.22. The van der Waals surface area contributed by atoms with Gasteiger partial charge in [-0.1, -0.05) is 17.3 Å². The van der Waals surface area contributed by atoms with Crippen molar-refractivity contribution >= 4 is 11.9 Å². The molecule has 3 rings (SSSR count). The maximum absolute atomic E-state index is 13.7. The smallest absolute Gasteiger partial charge is 0.303 e. The molecule has 0 spiro atoms. The molecule has 2 aromatic rings. The molecular formula is C20H24FN3O4. The topological polar surface area (TPSA) is 96.5 Å². The van der Waals surface area contributed by atoms with Crippen LogP contribution in [0.3, 0.4) is 0 Å². The summed E-state index contributed by atoms with van der Waals surface area (Å²) in [4.78, 5) is 29.3. The number of likely N-dealkylation sites (tertiary alicyclic amines) is 1. The number of carboxylic acids is 1. The summed E-state index contributed by atoms with van der Waals surface area (Å²) in [5.74, 6) is -0.260. The molecule has 1 atom stereocenters. The quantitative estimate of drug-likeness (QED) is 0.781. The molecule has 1 saturated heterocycles. The summed E-state index contributed by atoms with van der Waals surface area (Å²) >= 11 is 0. The molecular weight excluding hydrogens is 365 g/mol. The van der Waals surface area contributed by atoms with E-state index >= 15 is 0 Å². The number of hydrogen-bond donors (Lipinski definition) is 1. The molecule has 7 nitrogen and oxygen atoms in total. The Balaban J connectivity index is 1.52. The lowest BCUT2D eigenvalue weighted by atomic mass is 9.93. The first kappa shape index (κ1) is 20.0. The molecule has 2 heterocycles. The van der Waals surface area contributed by atoms with Crippen molar-refractivity contribution in [2.24, 2.45) is 5.92 Å². The molecule has 1 aromatic heterocycles. The van der Waals surface area contributed by atoms with Crippen LogP contribution >= 0.6 is 0 Å². The zero-order valence-corrected chi connectivity index (χ0v) is 15.9. The van der Waals surface area contributed by atoms with Crippen LogP contribution in [0.25, 0.3) is 11.4 Å². The van der Waals surface area contributed by atoms with Crippen LogP contribution in [0.1, 0.15) is 43.6 Å². The molecule has 0 bridgehead atoms. The van der Waals surface area contributed by atoms with Gasteiger partial charge < -0.3 is 14.5 Å². The highest BCUT2D eigenvalue weighted by atomic mass is 19.1. The number of aryl methyl sites for hydroxylation is 2. The van der Waals surface area contributed by atoms with Gasteiger partial charge in [-0.2, -0.15) is 4.98 Å². The van der Waals surface area contributed by atoms with Crippen LogP contribution in [0.15, 0.2) is 22.7 Å².